The fourth-order valence-electron chi connectivity index (χ4n) is 2.50. The molecule has 0 saturated heterocycles. The fourth-order valence-corrected chi connectivity index (χ4v) is 2.50. The molecular formula is C14H11F3N2O. The highest BCUT2D eigenvalue weighted by atomic mass is 19.4. The third kappa shape index (κ3) is 1.88. The Hall–Kier alpha value is -2.24. The molecule has 6 heteroatoms. The zero-order valence-electron chi connectivity index (χ0n) is 10.5. The van der Waals surface area contributed by atoms with E-state index in [9.17, 15) is 18.0 Å². The van der Waals surface area contributed by atoms with Crippen molar-refractivity contribution in [1.29, 1.82) is 0 Å². The highest BCUT2D eigenvalue weighted by Gasteiger charge is 2.44. The summed E-state index contributed by atoms with van der Waals surface area (Å²) in [7, 11) is 0. The number of hydrogen-bond donors (Lipinski definition) is 2. The maximum atomic E-state index is 12.7. The quantitative estimate of drug-likeness (QED) is 0.829. The first kappa shape index (κ1) is 12.8. The van der Waals surface area contributed by atoms with Crippen molar-refractivity contribution in [3.8, 4) is 0 Å². The van der Waals surface area contributed by atoms with E-state index >= 15 is 0 Å². The molecule has 0 bridgehead atoms. The van der Waals surface area contributed by atoms with Gasteiger partial charge in [-0.15, -0.1) is 0 Å². The molecule has 3 rings (SSSR count). The Kier molecular flexibility index (Phi) is 2.64. The van der Waals surface area contributed by atoms with Crippen LogP contribution in [0.3, 0.4) is 0 Å². The van der Waals surface area contributed by atoms with Crippen molar-refractivity contribution < 1.29 is 18.0 Å². The molecule has 2 aromatic rings. The standard InChI is InChI=1S/C14H11F3N2O/c1-7-12(8-4-2-3-5-10(8)18-7)9-6-11(14(15,16)17)19-13(9)20/h2-6,11,18H,1H3,(H,19,20). The molecule has 0 fully saturated rings. The number of aromatic nitrogens is 1. The molecular weight excluding hydrogens is 269 g/mol. The number of nitrogens with one attached hydrogen (secondary N) is 2. The van der Waals surface area contributed by atoms with E-state index in [0.29, 0.717) is 11.3 Å². The van der Waals surface area contributed by atoms with Crippen LogP contribution in [0.2, 0.25) is 0 Å². The van der Waals surface area contributed by atoms with Gasteiger partial charge < -0.3 is 10.3 Å². The molecule has 2 N–H and O–H groups in total. The van der Waals surface area contributed by atoms with E-state index in [1.807, 2.05) is 17.4 Å². The number of fused-ring (bicyclic) bond motifs is 1. The number of benzene rings is 1. The van der Waals surface area contributed by atoms with Crippen molar-refractivity contribution in [2.24, 2.45) is 0 Å². The smallest absolute Gasteiger partial charge is 0.358 e. The Bertz CT molecular complexity index is 728. The second-order valence-corrected chi connectivity index (χ2v) is 4.74. The van der Waals surface area contributed by atoms with Crippen molar-refractivity contribution in [2.45, 2.75) is 19.1 Å². The molecule has 0 spiro atoms. The van der Waals surface area contributed by atoms with Crippen molar-refractivity contribution in [1.82, 2.24) is 10.3 Å². The van der Waals surface area contributed by atoms with Gasteiger partial charge >= 0.3 is 6.18 Å². The molecule has 1 unspecified atom stereocenters. The Morgan fingerprint density at radius 1 is 1.20 bits per heavy atom. The molecule has 1 aliphatic heterocycles. The second-order valence-electron chi connectivity index (χ2n) is 4.74. The van der Waals surface area contributed by atoms with Crippen LogP contribution in [-0.4, -0.2) is 23.1 Å². The minimum Gasteiger partial charge on any atom is -0.358 e. The van der Waals surface area contributed by atoms with Crippen molar-refractivity contribution in [3.63, 3.8) is 0 Å². The first-order valence-corrected chi connectivity index (χ1v) is 6.05. The summed E-state index contributed by atoms with van der Waals surface area (Å²) in [5.41, 5.74) is 2.08. The van der Waals surface area contributed by atoms with Gasteiger partial charge in [-0.05, 0) is 19.1 Å². The number of halogens is 3. The van der Waals surface area contributed by atoms with Crippen LogP contribution in [-0.2, 0) is 4.79 Å². The number of H-pyrrole nitrogens is 1. The largest absolute Gasteiger partial charge is 0.412 e. The minimum absolute atomic E-state index is 0.0716. The summed E-state index contributed by atoms with van der Waals surface area (Å²) in [6.45, 7) is 1.74. The molecule has 1 aliphatic rings. The molecule has 0 aliphatic carbocycles. The van der Waals surface area contributed by atoms with Crippen molar-refractivity contribution in [3.05, 3.63) is 41.6 Å². The van der Waals surface area contributed by atoms with Crippen LogP contribution >= 0.6 is 0 Å². The average Bonchev–Trinajstić information content (AvgIpc) is 2.88. The van der Waals surface area contributed by atoms with Crippen LogP contribution in [0.25, 0.3) is 16.5 Å². The lowest BCUT2D eigenvalue weighted by Gasteiger charge is -2.12. The number of aromatic amines is 1. The summed E-state index contributed by atoms with van der Waals surface area (Å²) in [6, 6.07) is 5.29. The van der Waals surface area contributed by atoms with Gasteiger partial charge in [-0.3, -0.25) is 4.79 Å². The molecule has 1 aromatic carbocycles. The first-order chi connectivity index (χ1) is 9.38. The molecule has 1 aromatic heterocycles. The van der Waals surface area contributed by atoms with Crippen LogP contribution in [0.4, 0.5) is 13.2 Å². The number of amides is 1. The predicted molar refractivity (Wildman–Crippen MR) is 69.0 cm³/mol. The Balaban J connectivity index is 2.16. The average molecular weight is 280 g/mol. The van der Waals surface area contributed by atoms with Gasteiger partial charge in [0.05, 0.1) is 0 Å². The molecule has 1 amide bonds. The summed E-state index contributed by atoms with van der Waals surface area (Å²) in [5.74, 6) is -0.694. The van der Waals surface area contributed by atoms with Crippen LogP contribution < -0.4 is 5.32 Å². The molecule has 1 atom stereocenters. The zero-order valence-corrected chi connectivity index (χ0v) is 10.5. The van der Waals surface area contributed by atoms with Crippen molar-refractivity contribution in [2.75, 3.05) is 0 Å². The number of para-hydroxylation sites is 1. The normalized spacial score (nSPS) is 19.3. The lowest BCUT2D eigenvalue weighted by molar-refractivity contribution is -0.148. The highest BCUT2D eigenvalue weighted by Crippen LogP contribution is 2.34. The van der Waals surface area contributed by atoms with Gasteiger partial charge in [0.1, 0.15) is 6.04 Å². The van der Waals surface area contributed by atoms with Gasteiger partial charge in [-0.1, -0.05) is 18.2 Å². The van der Waals surface area contributed by atoms with Crippen molar-refractivity contribution >= 4 is 22.4 Å². The maximum Gasteiger partial charge on any atom is 0.412 e. The Morgan fingerprint density at radius 2 is 1.90 bits per heavy atom. The third-order valence-corrected chi connectivity index (χ3v) is 3.38. The highest BCUT2D eigenvalue weighted by molar-refractivity contribution is 6.25. The first-order valence-electron chi connectivity index (χ1n) is 6.05. The number of hydrogen-bond acceptors (Lipinski definition) is 1. The number of alkyl halides is 3. The molecule has 104 valence electrons. The van der Waals surface area contributed by atoms with E-state index in [-0.39, 0.29) is 5.57 Å². The van der Waals surface area contributed by atoms with Crippen LogP contribution in [0.1, 0.15) is 11.3 Å². The predicted octanol–water partition coefficient (Wildman–Crippen LogP) is 2.92. The molecule has 0 saturated carbocycles. The summed E-state index contributed by atoms with van der Waals surface area (Å²) < 4.78 is 38.1. The van der Waals surface area contributed by atoms with E-state index in [0.717, 1.165) is 17.0 Å². The number of rotatable bonds is 1. The van der Waals surface area contributed by atoms with Gasteiger partial charge in [-0.25, -0.2) is 0 Å². The molecule has 3 nitrogen and oxygen atoms in total. The summed E-state index contributed by atoms with van der Waals surface area (Å²) in [6.07, 6.45) is -3.53. The third-order valence-electron chi connectivity index (χ3n) is 3.38. The van der Waals surface area contributed by atoms with E-state index in [1.54, 1.807) is 19.1 Å². The zero-order chi connectivity index (χ0) is 14.5. The molecule has 0 radical (unpaired) electrons. The number of aryl methyl sites for hydroxylation is 1. The number of carbonyl (C=O) groups excluding carboxylic acids is 1. The summed E-state index contributed by atoms with van der Waals surface area (Å²) in [4.78, 5) is 14.9. The van der Waals surface area contributed by atoms with E-state index in [2.05, 4.69) is 4.98 Å². The summed E-state index contributed by atoms with van der Waals surface area (Å²) in [5, 5.41) is 2.70. The van der Waals surface area contributed by atoms with E-state index < -0.39 is 18.1 Å². The summed E-state index contributed by atoms with van der Waals surface area (Å²) >= 11 is 0. The second kappa shape index (κ2) is 4.13. The number of carbonyl (C=O) groups is 1. The van der Waals surface area contributed by atoms with E-state index in [4.69, 9.17) is 0 Å². The van der Waals surface area contributed by atoms with Gasteiger partial charge in [0.2, 0.25) is 0 Å². The lowest BCUT2D eigenvalue weighted by atomic mass is 10.0. The molecule has 20 heavy (non-hydrogen) atoms. The fraction of sp³-hybridized carbons (Fsp3) is 0.214. The Labute approximate surface area is 112 Å². The minimum atomic E-state index is -4.47. The monoisotopic (exact) mass is 280 g/mol. The lowest BCUT2D eigenvalue weighted by Crippen LogP contribution is -2.39. The van der Waals surface area contributed by atoms with Gasteiger partial charge in [0, 0.05) is 27.7 Å². The van der Waals surface area contributed by atoms with Crippen LogP contribution in [0.15, 0.2) is 30.3 Å². The SMILES string of the molecule is Cc1[nH]c2ccccc2c1C1=CC(C(F)(F)F)NC1=O. The van der Waals surface area contributed by atoms with Gasteiger partial charge in [0.25, 0.3) is 5.91 Å². The maximum absolute atomic E-state index is 12.7. The van der Waals surface area contributed by atoms with E-state index in [1.165, 1.54) is 0 Å². The van der Waals surface area contributed by atoms with Gasteiger partial charge in [0.15, 0.2) is 0 Å². The molecule has 2 heterocycles. The van der Waals surface area contributed by atoms with Crippen LogP contribution in [0.5, 0.6) is 0 Å². The van der Waals surface area contributed by atoms with Gasteiger partial charge in [-0.2, -0.15) is 13.2 Å². The van der Waals surface area contributed by atoms with Crippen LogP contribution in [0, 0.1) is 6.92 Å². The Morgan fingerprint density at radius 3 is 2.55 bits per heavy atom. The topological polar surface area (TPSA) is 44.9 Å².